The lowest BCUT2D eigenvalue weighted by Gasteiger charge is -2.25. The van der Waals surface area contributed by atoms with Crippen LogP contribution < -0.4 is 16.4 Å². The van der Waals surface area contributed by atoms with E-state index in [2.05, 4.69) is 20.6 Å². The van der Waals surface area contributed by atoms with Gasteiger partial charge >= 0.3 is 0 Å². The number of nitrogens with zero attached hydrogens (tertiary/aromatic N) is 2. The molecule has 1 heterocycles. The van der Waals surface area contributed by atoms with Crippen LogP contribution >= 0.6 is 0 Å². The molecule has 0 aromatic carbocycles. The summed E-state index contributed by atoms with van der Waals surface area (Å²) < 4.78 is 0. The highest BCUT2D eigenvalue weighted by atomic mass is 15.1. The average molecular weight is 235 g/mol. The molecule has 1 aliphatic rings. The Morgan fingerprint density at radius 3 is 2.65 bits per heavy atom. The third-order valence-electron chi connectivity index (χ3n) is 3.07. The van der Waals surface area contributed by atoms with Gasteiger partial charge in [0.2, 0.25) is 0 Å². The molecular weight excluding hydrogens is 214 g/mol. The van der Waals surface area contributed by atoms with Crippen molar-refractivity contribution in [2.24, 2.45) is 11.7 Å². The van der Waals surface area contributed by atoms with E-state index in [1.165, 1.54) is 19.3 Å². The Hall–Kier alpha value is -1.36. The number of nitrogens with one attached hydrogen (secondary N) is 2. The Bertz CT molecular complexity index is 349. The summed E-state index contributed by atoms with van der Waals surface area (Å²) in [5.41, 5.74) is 5.68. The zero-order valence-electron chi connectivity index (χ0n) is 10.3. The van der Waals surface area contributed by atoms with Crippen molar-refractivity contribution >= 4 is 11.6 Å². The van der Waals surface area contributed by atoms with Crippen molar-refractivity contribution in [1.82, 2.24) is 9.97 Å². The van der Waals surface area contributed by atoms with Gasteiger partial charge < -0.3 is 16.4 Å². The first-order valence-electron chi connectivity index (χ1n) is 6.29. The van der Waals surface area contributed by atoms with Crippen molar-refractivity contribution in [2.45, 2.75) is 32.2 Å². The van der Waals surface area contributed by atoms with Crippen molar-refractivity contribution in [1.29, 1.82) is 0 Å². The van der Waals surface area contributed by atoms with E-state index in [0.717, 1.165) is 30.6 Å². The van der Waals surface area contributed by atoms with E-state index in [1.54, 1.807) is 6.33 Å². The van der Waals surface area contributed by atoms with Crippen LogP contribution in [0, 0.1) is 5.92 Å². The summed E-state index contributed by atoms with van der Waals surface area (Å²) >= 11 is 0. The van der Waals surface area contributed by atoms with Gasteiger partial charge in [0.25, 0.3) is 0 Å². The molecule has 5 nitrogen and oxygen atoms in total. The zero-order valence-corrected chi connectivity index (χ0v) is 10.3. The molecule has 0 saturated heterocycles. The fraction of sp³-hybridized carbons (Fsp3) is 0.667. The lowest BCUT2D eigenvalue weighted by Crippen LogP contribution is -2.25. The minimum Gasteiger partial charge on any atom is -0.370 e. The van der Waals surface area contributed by atoms with Crippen LogP contribution in [0.4, 0.5) is 11.6 Å². The van der Waals surface area contributed by atoms with E-state index in [9.17, 15) is 0 Å². The van der Waals surface area contributed by atoms with E-state index in [1.807, 2.05) is 13.0 Å². The molecule has 0 radical (unpaired) electrons. The van der Waals surface area contributed by atoms with E-state index in [-0.39, 0.29) is 6.04 Å². The third kappa shape index (κ3) is 3.85. The second-order valence-electron chi connectivity index (χ2n) is 4.82. The monoisotopic (exact) mass is 235 g/mol. The van der Waals surface area contributed by atoms with Gasteiger partial charge in [0, 0.05) is 25.2 Å². The van der Waals surface area contributed by atoms with Gasteiger partial charge in [-0.3, -0.25) is 0 Å². The van der Waals surface area contributed by atoms with E-state index in [4.69, 9.17) is 5.73 Å². The van der Waals surface area contributed by atoms with Crippen LogP contribution in [0.3, 0.4) is 0 Å². The summed E-state index contributed by atoms with van der Waals surface area (Å²) in [6, 6.07) is 2.05. The van der Waals surface area contributed by atoms with E-state index >= 15 is 0 Å². The zero-order chi connectivity index (χ0) is 12.1. The standard InChI is InChI=1S/C12H21N5/c1-9(13)6-14-11-5-12(17-8-16-11)15-7-10-3-2-4-10/h5,8-10H,2-4,6-7,13H2,1H3,(H2,14,15,16,17). The first-order chi connectivity index (χ1) is 8.24. The summed E-state index contributed by atoms with van der Waals surface area (Å²) in [7, 11) is 0. The van der Waals surface area contributed by atoms with Crippen LogP contribution in [0.15, 0.2) is 12.4 Å². The Kier molecular flexibility index (Phi) is 4.14. The molecule has 1 saturated carbocycles. The Morgan fingerprint density at radius 1 is 1.35 bits per heavy atom. The summed E-state index contributed by atoms with van der Waals surface area (Å²) in [4.78, 5) is 8.36. The molecule has 5 heteroatoms. The lowest BCUT2D eigenvalue weighted by molar-refractivity contribution is 0.333. The second-order valence-corrected chi connectivity index (χ2v) is 4.82. The first kappa shape index (κ1) is 12.1. The molecule has 0 aliphatic heterocycles. The van der Waals surface area contributed by atoms with Gasteiger partial charge in [-0.1, -0.05) is 6.42 Å². The van der Waals surface area contributed by atoms with Gasteiger partial charge in [0.15, 0.2) is 0 Å². The van der Waals surface area contributed by atoms with Gasteiger partial charge in [0.05, 0.1) is 0 Å². The number of aromatic nitrogens is 2. The van der Waals surface area contributed by atoms with Crippen molar-refractivity contribution in [2.75, 3.05) is 23.7 Å². The molecule has 1 atom stereocenters. The number of rotatable bonds is 6. The number of nitrogens with two attached hydrogens (primary N) is 1. The molecule has 1 aromatic heterocycles. The van der Waals surface area contributed by atoms with Crippen molar-refractivity contribution in [3.8, 4) is 0 Å². The molecule has 0 spiro atoms. The fourth-order valence-electron chi connectivity index (χ4n) is 1.76. The van der Waals surface area contributed by atoms with Gasteiger partial charge in [-0.2, -0.15) is 0 Å². The van der Waals surface area contributed by atoms with Crippen molar-refractivity contribution < 1.29 is 0 Å². The SMILES string of the molecule is CC(N)CNc1cc(NCC2CCC2)ncn1. The molecular formula is C12H21N5. The van der Waals surface area contributed by atoms with Gasteiger partial charge in [-0.15, -0.1) is 0 Å². The predicted molar refractivity (Wildman–Crippen MR) is 70.0 cm³/mol. The molecule has 4 N–H and O–H groups in total. The van der Waals surface area contributed by atoms with Crippen LogP contribution in [0.2, 0.25) is 0 Å². The molecule has 0 amide bonds. The summed E-state index contributed by atoms with van der Waals surface area (Å²) in [5, 5.41) is 6.54. The maximum absolute atomic E-state index is 5.68. The normalized spacial score (nSPS) is 17.3. The quantitative estimate of drug-likeness (QED) is 0.695. The van der Waals surface area contributed by atoms with Gasteiger partial charge in [-0.25, -0.2) is 9.97 Å². The number of anilines is 2. The van der Waals surface area contributed by atoms with Crippen LogP contribution in [-0.4, -0.2) is 29.1 Å². The number of hydrogen-bond donors (Lipinski definition) is 3. The predicted octanol–water partition coefficient (Wildman–Crippen LogP) is 1.45. The second kappa shape index (κ2) is 5.82. The third-order valence-corrected chi connectivity index (χ3v) is 3.07. The van der Waals surface area contributed by atoms with E-state index < -0.39 is 0 Å². The molecule has 0 bridgehead atoms. The van der Waals surface area contributed by atoms with Gasteiger partial charge in [0.1, 0.15) is 18.0 Å². The Labute approximate surface area is 102 Å². The molecule has 1 fully saturated rings. The highest BCUT2D eigenvalue weighted by Gasteiger charge is 2.16. The van der Waals surface area contributed by atoms with Crippen LogP contribution in [0.5, 0.6) is 0 Å². The largest absolute Gasteiger partial charge is 0.370 e. The first-order valence-corrected chi connectivity index (χ1v) is 6.29. The minimum absolute atomic E-state index is 0.122. The summed E-state index contributed by atoms with van der Waals surface area (Å²) in [6.45, 7) is 3.70. The molecule has 1 aliphatic carbocycles. The Morgan fingerprint density at radius 2 is 2.06 bits per heavy atom. The average Bonchev–Trinajstić information content (AvgIpc) is 2.25. The fourth-order valence-corrected chi connectivity index (χ4v) is 1.76. The number of hydrogen-bond acceptors (Lipinski definition) is 5. The molecule has 17 heavy (non-hydrogen) atoms. The topological polar surface area (TPSA) is 75.9 Å². The van der Waals surface area contributed by atoms with E-state index in [0.29, 0.717) is 0 Å². The van der Waals surface area contributed by atoms with Crippen molar-refractivity contribution in [3.05, 3.63) is 12.4 Å². The van der Waals surface area contributed by atoms with Gasteiger partial charge in [-0.05, 0) is 25.7 Å². The molecule has 2 rings (SSSR count). The van der Waals surface area contributed by atoms with Crippen LogP contribution in [0.1, 0.15) is 26.2 Å². The summed E-state index contributed by atoms with van der Waals surface area (Å²) in [5.74, 6) is 2.54. The maximum Gasteiger partial charge on any atom is 0.131 e. The lowest BCUT2D eigenvalue weighted by atomic mass is 9.85. The minimum atomic E-state index is 0.122. The highest BCUT2D eigenvalue weighted by Crippen LogP contribution is 2.26. The Balaban J connectivity index is 1.82. The molecule has 94 valence electrons. The summed E-state index contributed by atoms with van der Waals surface area (Å²) in [6.07, 6.45) is 5.63. The molecule has 1 aromatic rings. The van der Waals surface area contributed by atoms with Crippen molar-refractivity contribution in [3.63, 3.8) is 0 Å². The maximum atomic E-state index is 5.68. The smallest absolute Gasteiger partial charge is 0.131 e. The molecule has 1 unspecified atom stereocenters. The van der Waals surface area contributed by atoms with Crippen LogP contribution in [0.25, 0.3) is 0 Å². The van der Waals surface area contributed by atoms with Crippen LogP contribution in [-0.2, 0) is 0 Å². The highest BCUT2D eigenvalue weighted by molar-refractivity contribution is 5.46.